The fraction of sp³-hybridized carbons (Fsp3) is 0.538. The number of halogens is 1. The summed E-state index contributed by atoms with van der Waals surface area (Å²) in [4.78, 5) is 0. The average Bonchev–Trinajstić information content (AvgIpc) is 2.39. The lowest BCUT2D eigenvalue weighted by Crippen LogP contribution is -2.06. The van der Waals surface area contributed by atoms with Crippen molar-refractivity contribution in [1.82, 2.24) is 0 Å². The Labute approximate surface area is 113 Å². The van der Waals surface area contributed by atoms with Crippen LogP contribution < -0.4 is 15.2 Å². The third-order valence-electron chi connectivity index (χ3n) is 2.59. The van der Waals surface area contributed by atoms with E-state index in [-0.39, 0.29) is 6.61 Å². The molecule has 0 aliphatic carbocycles. The number of ether oxygens (including phenoxy) is 2. The highest BCUT2D eigenvalue weighted by molar-refractivity contribution is 6.30. The lowest BCUT2D eigenvalue weighted by Gasteiger charge is -2.14. The first-order valence-corrected chi connectivity index (χ1v) is 6.40. The van der Waals surface area contributed by atoms with Crippen molar-refractivity contribution in [1.29, 1.82) is 0 Å². The molecule has 102 valence electrons. The van der Waals surface area contributed by atoms with Crippen LogP contribution in [-0.2, 0) is 6.54 Å². The maximum atomic E-state index is 8.69. The maximum absolute atomic E-state index is 8.69. The summed E-state index contributed by atoms with van der Waals surface area (Å²) in [6.45, 7) is 1.15. The van der Waals surface area contributed by atoms with E-state index < -0.39 is 0 Å². The van der Waals surface area contributed by atoms with Gasteiger partial charge in [-0.05, 0) is 25.3 Å². The van der Waals surface area contributed by atoms with Gasteiger partial charge in [0.1, 0.15) is 0 Å². The monoisotopic (exact) mass is 273 g/mol. The van der Waals surface area contributed by atoms with E-state index in [0.29, 0.717) is 29.7 Å². The van der Waals surface area contributed by atoms with Crippen molar-refractivity contribution in [3.05, 3.63) is 22.7 Å². The van der Waals surface area contributed by atoms with Gasteiger partial charge in [-0.25, -0.2) is 0 Å². The molecule has 0 saturated carbocycles. The van der Waals surface area contributed by atoms with Crippen LogP contribution in [0.3, 0.4) is 0 Å². The third kappa shape index (κ3) is 4.37. The normalized spacial score (nSPS) is 10.4. The number of hydrogen-bond donors (Lipinski definition) is 2. The molecule has 0 heterocycles. The van der Waals surface area contributed by atoms with Crippen molar-refractivity contribution in [2.45, 2.75) is 25.8 Å². The molecule has 0 amide bonds. The highest BCUT2D eigenvalue weighted by atomic mass is 35.5. The number of nitrogens with two attached hydrogens (primary N) is 1. The molecular formula is C13H20ClNO3. The Kier molecular flexibility index (Phi) is 6.86. The third-order valence-corrected chi connectivity index (χ3v) is 2.80. The molecule has 0 saturated heterocycles. The standard InChI is InChI=1S/C13H20ClNO3/c1-17-12-8-11(14)7-10(9-15)13(12)18-6-4-2-3-5-16/h7-8,16H,2-6,9,15H2,1H3. The minimum Gasteiger partial charge on any atom is -0.493 e. The fourth-order valence-corrected chi connectivity index (χ4v) is 1.89. The van der Waals surface area contributed by atoms with Crippen LogP contribution in [0.4, 0.5) is 0 Å². The second kappa shape index (κ2) is 8.19. The van der Waals surface area contributed by atoms with E-state index >= 15 is 0 Å². The zero-order valence-electron chi connectivity index (χ0n) is 10.6. The Morgan fingerprint density at radius 2 is 2.06 bits per heavy atom. The van der Waals surface area contributed by atoms with Gasteiger partial charge in [-0.2, -0.15) is 0 Å². The van der Waals surface area contributed by atoms with Crippen LogP contribution in [-0.4, -0.2) is 25.4 Å². The molecule has 0 aliphatic rings. The van der Waals surface area contributed by atoms with Gasteiger partial charge < -0.3 is 20.3 Å². The van der Waals surface area contributed by atoms with E-state index in [1.54, 1.807) is 19.2 Å². The Morgan fingerprint density at radius 1 is 1.28 bits per heavy atom. The van der Waals surface area contributed by atoms with Crippen molar-refractivity contribution in [2.24, 2.45) is 5.73 Å². The minimum absolute atomic E-state index is 0.221. The molecule has 3 N–H and O–H groups in total. The summed E-state index contributed by atoms with van der Waals surface area (Å²) in [5.74, 6) is 1.26. The molecule has 5 heteroatoms. The minimum atomic E-state index is 0.221. The number of aliphatic hydroxyl groups is 1. The lowest BCUT2D eigenvalue weighted by molar-refractivity contribution is 0.259. The van der Waals surface area contributed by atoms with E-state index in [9.17, 15) is 0 Å². The molecule has 0 spiro atoms. The molecule has 1 aromatic rings. The summed E-state index contributed by atoms with van der Waals surface area (Å²) in [5.41, 5.74) is 6.50. The summed E-state index contributed by atoms with van der Waals surface area (Å²) < 4.78 is 10.9. The van der Waals surface area contributed by atoms with E-state index in [2.05, 4.69) is 0 Å². The molecule has 0 unspecified atom stereocenters. The van der Waals surface area contributed by atoms with Gasteiger partial charge >= 0.3 is 0 Å². The van der Waals surface area contributed by atoms with Gasteiger partial charge in [-0.3, -0.25) is 0 Å². The van der Waals surface area contributed by atoms with Crippen LogP contribution in [0.2, 0.25) is 5.02 Å². The quantitative estimate of drug-likeness (QED) is 0.714. The number of unbranched alkanes of at least 4 members (excludes halogenated alkanes) is 2. The Hall–Kier alpha value is -0.970. The second-order valence-electron chi connectivity index (χ2n) is 3.93. The molecular weight excluding hydrogens is 254 g/mol. The first-order chi connectivity index (χ1) is 8.72. The first kappa shape index (κ1) is 15.1. The number of hydrogen-bond acceptors (Lipinski definition) is 4. The van der Waals surface area contributed by atoms with Crippen LogP contribution in [0.1, 0.15) is 24.8 Å². The molecule has 0 atom stereocenters. The van der Waals surface area contributed by atoms with Gasteiger partial charge in [-0.1, -0.05) is 11.6 Å². The van der Waals surface area contributed by atoms with Crippen LogP contribution in [0.25, 0.3) is 0 Å². The zero-order valence-corrected chi connectivity index (χ0v) is 11.4. The summed E-state index contributed by atoms with van der Waals surface area (Å²) in [6.07, 6.45) is 2.62. The predicted molar refractivity (Wildman–Crippen MR) is 72.3 cm³/mol. The summed E-state index contributed by atoms with van der Waals surface area (Å²) in [6, 6.07) is 3.50. The SMILES string of the molecule is COc1cc(Cl)cc(CN)c1OCCCCCO. The van der Waals surface area contributed by atoms with Gasteiger partial charge in [0, 0.05) is 29.8 Å². The van der Waals surface area contributed by atoms with Gasteiger partial charge in [0.25, 0.3) is 0 Å². The molecule has 0 fully saturated rings. The Morgan fingerprint density at radius 3 is 2.67 bits per heavy atom. The highest BCUT2D eigenvalue weighted by Crippen LogP contribution is 2.34. The number of aliphatic hydroxyl groups excluding tert-OH is 1. The number of benzene rings is 1. The van der Waals surface area contributed by atoms with Crippen molar-refractivity contribution in [2.75, 3.05) is 20.3 Å². The van der Waals surface area contributed by atoms with Gasteiger partial charge in [0.15, 0.2) is 11.5 Å². The van der Waals surface area contributed by atoms with Crippen LogP contribution in [0, 0.1) is 0 Å². The van der Waals surface area contributed by atoms with Crippen LogP contribution in [0.15, 0.2) is 12.1 Å². The summed E-state index contributed by atoms with van der Waals surface area (Å²) in [7, 11) is 1.57. The maximum Gasteiger partial charge on any atom is 0.165 e. The van der Waals surface area contributed by atoms with Crippen molar-refractivity contribution in [3.8, 4) is 11.5 Å². The molecule has 1 rings (SSSR count). The van der Waals surface area contributed by atoms with Crippen molar-refractivity contribution < 1.29 is 14.6 Å². The first-order valence-electron chi connectivity index (χ1n) is 6.03. The van der Waals surface area contributed by atoms with Crippen LogP contribution in [0.5, 0.6) is 11.5 Å². The highest BCUT2D eigenvalue weighted by Gasteiger charge is 2.11. The molecule has 0 radical (unpaired) electrons. The predicted octanol–water partition coefficient (Wildman–Crippen LogP) is 2.35. The van der Waals surface area contributed by atoms with Gasteiger partial charge in [0.05, 0.1) is 13.7 Å². The fourth-order valence-electron chi connectivity index (χ4n) is 1.65. The van der Waals surface area contributed by atoms with E-state index in [1.807, 2.05) is 0 Å². The largest absolute Gasteiger partial charge is 0.493 e. The second-order valence-corrected chi connectivity index (χ2v) is 4.37. The van der Waals surface area contributed by atoms with E-state index in [0.717, 1.165) is 24.8 Å². The van der Waals surface area contributed by atoms with Crippen LogP contribution >= 0.6 is 11.6 Å². The Bertz CT molecular complexity index is 346. The van der Waals surface area contributed by atoms with E-state index in [4.69, 9.17) is 31.9 Å². The van der Waals surface area contributed by atoms with Gasteiger partial charge in [-0.15, -0.1) is 0 Å². The average molecular weight is 274 g/mol. The summed E-state index contributed by atoms with van der Waals surface area (Å²) >= 11 is 5.96. The molecule has 0 aromatic heterocycles. The number of rotatable bonds is 8. The van der Waals surface area contributed by atoms with E-state index in [1.165, 1.54) is 0 Å². The molecule has 0 bridgehead atoms. The Balaban J connectivity index is 2.67. The molecule has 0 aliphatic heterocycles. The topological polar surface area (TPSA) is 64.7 Å². The van der Waals surface area contributed by atoms with Gasteiger partial charge in [0.2, 0.25) is 0 Å². The number of methoxy groups -OCH3 is 1. The van der Waals surface area contributed by atoms with Crippen molar-refractivity contribution in [3.63, 3.8) is 0 Å². The summed E-state index contributed by atoms with van der Waals surface area (Å²) in [5, 5.41) is 9.27. The zero-order chi connectivity index (χ0) is 13.4. The molecule has 1 aromatic carbocycles. The lowest BCUT2D eigenvalue weighted by atomic mass is 10.2. The molecule has 18 heavy (non-hydrogen) atoms. The van der Waals surface area contributed by atoms with Crippen molar-refractivity contribution >= 4 is 11.6 Å². The smallest absolute Gasteiger partial charge is 0.165 e. The molecule has 4 nitrogen and oxygen atoms in total.